The second-order valence-electron chi connectivity index (χ2n) is 5.36. The van der Waals surface area contributed by atoms with Gasteiger partial charge in [-0.25, -0.2) is 0 Å². The molecular weight excluding hydrogens is 240 g/mol. The molecule has 0 aliphatic rings. The van der Waals surface area contributed by atoms with Crippen molar-refractivity contribution >= 4 is 5.91 Å². The molecule has 1 heterocycles. The smallest absolute Gasteiger partial charge is 0.221 e. The van der Waals surface area contributed by atoms with Crippen LogP contribution in [0.15, 0.2) is 23.0 Å². The number of carbonyl (C=O) groups excluding carboxylic acids is 1. The van der Waals surface area contributed by atoms with E-state index in [1.165, 1.54) is 0 Å². The zero-order valence-electron chi connectivity index (χ0n) is 12.3. The highest BCUT2D eigenvalue weighted by molar-refractivity contribution is 5.76. The molecule has 0 atom stereocenters. The Hall–Kier alpha value is -1.29. The number of hydrogen-bond acceptors (Lipinski definition) is 3. The lowest BCUT2D eigenvalue weighted by atomic mass is 10.2. The van der Waals surface area contributed by atoms with Gasteiger partial charge >= 0.3 is 0 Å². The number of rotatable bonds is 9. The van der Waals surface area contributed by atoms with Crippen LogP contribution in [0.2, 0.25) is 0 Å². The van der Waals surface area contributed by atoms with Crippen LogP contribution in [0.1, 0.15) is 39.2 Å². The Bertz CT molecular complexity index is 347. The van der Waals surface area contributed by atoms with Crippen molar-refractivity contribution in [2.75, 3.05) is 19.6 Å². The third kappa shape index (κ3) is 7.01. The summed E-state index contributed by atoms with van der Waals surface area (Å²) in [7, 11) is 0. The van der Waals surface area contributed by atoms with E-state index < -0.39 is 0 Å². The second kappa shape index (κ2) is 8.75. The summed E-state index contributed by atoms with van der Waals surface area (Å²) < 4.78 is 5.08. The summed E-state index contributed by atoms with van der Waals surface area (Å²) >= 11 is 0. The van der Waals surface area contributed by atoms with E-state index in [1.807, 2.05) is 6.07 Å². The molecule has 0 aromatic carbocycles. The maximum atomic E-state index is 11.7. The molecule has 0 unspecified atom stereocenters. The van der Waals surface area contributed by atoms with Crippen molar-refractivity contribution in [1.82, 2.24) is 10.2 Å². The van der Waals surface area contributed by atoms with Gasteiger partial charge in [-0.1, -0.05) is 20.8 Å². The van der Waals surface area contributed by atoms with Gasteiger partial charge in [-0.3, -0.25) is 9.69 Å². The molecule has 0 saturated carbocycles. The SMILES string of the molecule is CCCN(CCC(=O)NCC(C)C)Cc1ccoc1. The summed E-state index contributed by atoms with van der Waals surface area (Å²) in [5.74, 6) is 0.642. The number of amides is 1. The number of nitrogens with one attached hydrogen (secondary N) is 1. The number of furan rings is 1. The summed E-state index contributed by atoms with van der Waals surface area (Å²) in [5.41, 5.74) is 1.16. The Morgan fingerprint density at radius 3 is 2.79 bits per heavy atom. The van der Waals surface area contributed by atoms with Crippen LogP contribution in [0, 0.1) is 5.92 Å². The summed E-state index contributed by atoms with van der Waals surface area (Å²) in [6, 6.07) is 1.97. The van der Waals surface area contributed by atoms with Gasteiger partial charge in [0, 0.05) is 31.6 Å². The van der Waals surface area contributed by atoms with E-state index in [9.17, 15) is 4.79 Å². The fraction of sp³-hybridized carbons (Fsp3) is 0.667. The average molecular weight is 266 g/mol. The maximum absolute atomic E-state index is 11.7. The molecule has 1 amide bonds. The van der Waals surface area contributed by atoms with Gasteiger partial charge in [-0.15, -0.1) is 0 Å². The molecule has 0 fully saturated rings. The third-order valence-corrected chi connectivity index (χ3v) is 2.89. The van der Waals surface area contributed by atoms with Gasteiger partial charge in [0.05, 0.1) is 12.5 Å². The molecule has 1 aromatic rings. The van der Waals surface area contributed by atoms with Crippen LogP contribution in [-0.4, -0.2) is 30.4 Å². The molecule has 0 bridgehead atoms. The van der Waals surface area contributed by atoms with E-state index in [1.54, 1.807) is 12.5 Å². The molecular formula is C15H26N2O2. The molecule has 1 N–H and O–H groups in total. The Labute approximate surface area is 116 Å². The Morgan fingerprint density at radius 2 is 2.21 bits per heavy atom. The van der Waals surface area contributed by atoms with Gasteiger partial charge in [0.25, 0.3) is 0 Å². The summed E-state index contributed by atoms with van der Waals surface area (Å²) in [4.78, 5) is 14.0. The molecule has 0 spiro atoms. The first-order chi connectivity index (χ1) is 9.11. The largest absolute Gasteiger partial charge is 0.472 e. The zero-order chi connectivity index (χ0) is 14.1. The van der Waals surface area contributed by atoms with Crippen LogP contribution >= 0.6 is 0 Å². The van der Waals surface area contributed by atoms with Crippen LogP contribution in [-0.2, 0) is 11.3 Å². The minimum absolute atomic E-state index is 0.141. The Kier molecular flexibility index (Phi) is 7.26. The fourth-order valence-corrected chi connectivity index (χ4v) is 1.89. The van der Waals surface area contributed by atoms with Crippen molar-refractivity contribution in [3.05, 3.63) is 24.2 Å². The van der Waals surface area contributed by atoms with E-state index in [-0.39, 0.29) is 5.91 Å². The first-order valence-corrected chi connectivity index (χ1v) is 7.12. The van der Waals surface area contributed by atoms with E-state index in [0.29, 0.717) is 12.3 Å². The molecule has 1 rings (SSSR count). The third-order valence-electron chi connectivity index (χ3n) is 2.89. The highest BCUT2D eigenvalue weighted by Gasteiger charge is 2.09. The van der Waals surface area contributed by atoms with Gasteiger partial charge in [0.1, 0.15) is 0 Å². The van der Waals surface area contributed by atoms with E-state index in [4.69, 9.17) is 4.42 Å². The highest BCUT2D eigenvalue weighted by atomic mass is 16.3. The molecule has 108 valence electrons. The van der Waals surface area contributed by atoms with Crippen molar-refractivity contribution in [3.63, 3.8) is 0 Å². The minimum atomic E-state index is 0.141. The van der Waals surface area contributed by atoms with Crippen LogP contribution in [0.25, 0.3) is 0 Å². The van der Waals surface area contributed by atoms with Crippen molar-refractivity contribution < 1.29 is 9.21 Å². The fourth-order valence-electron chi connectivity index (χ4n) is 1.89. The van der Waals surface area contributed by atoms with Crippen molar-refractivity contribution in [1.29, 1.82) is 0 Å². The van der Waals surface area contributed by atoms with Crippen LogP contribution < -0.4 is 5.32 Å². The normalized spacial score (nSPS) is 11.2. The standard InChI is InChI=1S/C15H26N2O2/c1-4-7-17(11-14-6-9-19-12-14)8-5-15(18)16-10-13(2)3/h6,9,12-13H,4-5,7-8,10-11H2,1-3H3,(H,16,18). The van der Waals surface area contributed by atoms with E-state index in [2.05, 4.69) is 31.0 Å². The molecule has 0 radical (unpaired) electrons. The van der Waals surface area contributed by atoms with Crippen molar-refractivity contribution in [2.24, 2.45) is 5.92 Å². The highest BCUT2D eigenvalue weighted by Crippen LogP contribution is 2.06. The van der Waals surface area contributed by atoms with E-state index in [0.717, 1.165) is 38.2 Å². The lowest BCUT2D eigenvalue weighted by Gasteiger charge is -2.20. The molecule has 4 heteroatoms. The molecule has 0 aliphatic carbocycles. The lowest BCUT2D eigenvalue weighted by Crippen LogP contribution is -2.32. The molecule has 4 nitrogen and oxygen atoms in total. The Balaban J connectivity index is 2.30. The number of hydrogen-bond donors (Lipinski definition) is 1. The summed E-state index contributed by atoms with van der Waals surface area (Å²) in [6.45, 7) is 9.76. The molecule has 19 heavy (non-hydrogen) atoms. The first-order valence-electron chi connectivity index (χ1n) is 7.12. The molecule has 0 aliphatic heterocycles. The van der Waals surface area contributed by atoms with Crippen LogP contribution in [0.3, 0.4) is 0 Å². The van der Waals surface area contributed by atoms with Crippen molar-refractivity contribution in [2.45, 2.75) is 40.2 Å². The molecule has 0 saturated heterocycles. The zero-order valence-corrected chi connectivity index (χ0v) is 12.3. The summed E-state index contributed by atoms with van der Waals surface area (Å²) in [5, 5.41) is 2.95. The monoisotopic (exact) mass is 266 g/mol. The topological polar surface area (TPSA) is 45.5 Å². The van der Waals surface area contributed by atoms with Crippen LogP contribution in [0.4, 0.5) is 0 Å². The summed E-state index contributed by atoms with van der Waals surface area (Å²) in [6.07, 6.45) is 5.10. The molecule has 1 aromatic heterocycles. The maximum Gasteiger partial charge on any atom is 0.221 e. The second-order valence-corrected chi connectivity index (χ2v) is 5.36. The van der Waals surface area contributed by atoms with Gasteiger partial charge in [0.2, 0.25) is 5.91 Å². The predicted octanol–water partition coefficient (Wildman–Crippen LogP) is 2.65. The minimum Gasteiger partial charge on any atom is -0.472 e. The van der Waals surface area contributed by atoms with Gasteiger partial charge in [-0.2, -0.15) is 0 Å². The quantitative estimate of drug-likeness (QED) is 0.747. The number of nitrogens with zero attached hydrogens (tertiary/aromatic N) is 1. The average Bonchev–Trinajstić information content (AvgIpc) is 2.86. The predicted molar refractivity (Wildman–Crippen MR) is 76.7 cm³/mol. The van der Waals surface area contributed by atoms with Gasteiger partial charge in [0.15, 0.2) is 0 Å². The van der Waals surface area contributed by atoms with Gasteiger partial charge in [-0.05, 0) is 24.9 Å². The lowest BCUT2D eigenvalue weighted by molar-refractivity contribution is -0.121. The Morgan fingerprint density at radius 1 is 1.42 bits per heavy atom. The van der Waals surface area contributed by atoms with Gasteiger partial charge < -0.3 is 9.73 Å². The van der Waals surface area contributed by atoms with Crippen LogP contribution in [0.5, 0.6) is 0 Å². The van der Waals surface area contributed by atoms with E-state index >= 15 is 0 Å². The number of carbonyl (C=O) groups is 1. The van der Waals surface area contributed by atoms with Crippen molar-refractivity contribution in [3.8, 4) is 0 Å². The first kappa shape index (κ1) is 15.8.